The van der Waals surface area contributed by atoms with Gasteiger partial charge in [0, 0.05) is 26.1 Å². The van der Waals surface area contributed by atoms with Crippen molar-refractivity contribution in [3.05, 3.63) is 23.7 Å². The molecule has 0 radical (unpaired) electrons. The molecule has 1 aromatic rings. The van der Waals surface area contributed by atoms with Gasteiger partial charge < -0.3 is 14.6 Å². The summed E-state index contributed by atoms with van der Waals surface area (Å²) in [5, 5.41) is 2.73. The van der Waals surface area contributed by atoms with Crippen LogP contribution in [0.5, 0.6) is 0 Å². The van der Waals surface area contributed by atoms with Crippen molar-refractivity contribution in [3.8, 4) is 0 Å². The number of nitrogens with zero attached hydrogens (tertiary/aromatic N) is 1. The summed E-state index contributed by atoms with van der Waals surface area (Å²) in [5.74, 6) is 0.638. The molecule has 86 valence electrons. The molecule has 1 saturated heterocycles. The van der Waals surface area contributed by atoms with E-state index in [1.54, 1.807) is 17.9 Å². The van der Waals surface area contributed by atoms with Crippen molar-refractivity contribution in [2.75, 3.05) is 19.6 Å². The normalized spacial score (nSPS) is 16.8. The van der Waals surface area contributed by atoms with E-state index in [-0.39, 0.29) is 11.8 Å². The third-order valence-electron chi connectivity index (χ3n) is 2.58. The average molecular weight is 222 g/mol. The Morgan fingerprint density at radius 2 is 2.31 bits per heavy atom. The number of carbonyl (C=O) groups is 2. The molecule has 5 heteroatoms. The van der Waals surface area contributed by atoms with E-state index in [0.29, 0.717) is 37.4 Å². The lowest BCUT2D eigenvalue weighted by atomic mass is 10.2. The summed E-state index contributed by atoms with van der Waals surface area (Å²) in [6.07, 6.45) is 1.82. The lowest BCUT2D eigenvalue weighted by molar-refractivity contribution is -0.120. The fourth-order valence-electron chi connectivity index (χ4n) is 1.71. The van der Waals surface area contributed by atoms with Crippen LogP contribution < -0.4 is 5.32 Å². The largest absolute Gasteiger partial charge is 0.469 e. The van der Waals surface area contributed by atoms with E-state index < -0.39 is 0 Å². The van der Waals surface area contributed by atoms with Gasteiger partial charge in [-0.2, -0.15) is 0 Å². The van der Waals surface area contributed by atoms with Crippen molar-refractivity contribution < 1.29 is 14.0 Å². The molecule has 0 saturated carbocycles. The fraction of sp³-hybridized carbons (Fsp3) is 0.455. The maximum Gasteiger partial charge on any atom is 0.257 e. The SMILES string of the molecule is Cc1cc(C(=O)N2CCNC(=O)CC2)co1. The summed E-state index contributed by atoms with van der Waals surface area (Å²) in [5.41, 5.74) is 0.548. The predicted octanol–water partition coefficient (Wildman–Crippen LogP) is 0.550. The maximum absolute atomic E-state index is 12.0. The molecule has 1 fully saturated rings. The first-order chi connectivity index (χ1) is 7.66. The molecule has 2 rings (SSSR count). The van der Waals surface area contributed by atoms with Gasteiger partial charge in [0.15, 0.2) is 0 Å². The van der Waals surface area contributed by atoms with Gasteiger partial charge in [-0.05, 0) is 13.0 Å². The van der Waals surface area contributed by atoms with E-state index in [4.69, 9.17) is 4.42 Å². The highest BCUT2D eigenvalue weighted by Crippen LogP contribution is 2.10. The van der Waals surface area contributed by atoms with Gasteiger partial charge in [-0.1, -0.05) is 0 Å². The van der Waals surface area contributed by atoms with Gasteiger partial charge in [0.05, 0.1) is 5.56 Å². The van der Waals surface area contributed by atoms with Gasteiger partial charge in [0.25, 0.3) is 5.91 Å². The number of amides is 2. The van der Waals surface area contributed by atoms with Crippen molar-refractivity contribution >= 4 is 11.8 Å². The summed E-state index contributed by atoms with van der Waals surface area (Å²) in [7, 11) is 0. The lowest BCUT2D eigenvalue weighted by Gasteiger charge is -2.18. The van der Waals surface area contributed by atoms with Crippen LogP contribution in [0.4, 0.5) is 0 Å². The maximum atomic E-state index is 12.0. The number of nitrogens with one attached hydrogen (secondary N) is 1. The molecule has 1 aliphatic heterocycles. The van der Waals surface area contributed by atoms with Gasteiger partial charge in [-0.3, -0.25) is 9.59 Å². The zero-order valence-electron chi connectivity index (χ0n) is 9.16. The van der Waals surface area contributed by atoms with E-state index in [1.807, 2.05) is 0 Å². The first kappa shape index (κ1) is 10.7. The van der Waals surface area contributed by atoms with Crippen LogP contribution in [0.15, 0.2) is 16.7 Å². The molecular formula is C11H14N2O3. The van der Waals surface area contributed by atoms with E-state index in [1.165, 1.54) is 6.26 Å². The van der Waals surface area contributed by atoms with Crippen LogP contribution in [0.2, 0.25) is 0 Å². The lowest BCUT2D eigenvalue weighted by Crippen LogP contribution is -2.33. The number of carbonyl (C=O) groups excluding carboxylic acids is 2. The van der Waals surface area contributed by atoms with Gasteiger partial charge >= 0.3 is 0 Å². The standard InChI is InChI=1S/C11H14N2O3/c1-8-6-9(7-16-8)11(15)13-4-2-10(14)12-3-5-13/h6-7H,2-5H2,1H3,(H,12,14). The average Bonchev–Trinajstić information content (AvgIpc) is 2.57. The second kappa shape index (κ2) is 4.38. The Hall–Kier alpha value is -1.78. The van der Waals surface area contributed by atoms with E-state index in [2.05, 4.69) is 5.32 Å². The third kappa shape index (κ3) is 2.24. The summed E-state index contributed by atoms with van der Waals surface area (Å²) in [6, 6.07) is 1.71. The molecule has 1 aliphatic rings. The predicted molar refractivity (Wildman–Crippen MR) is 57.0 cm³/mol. The number of aryl methyl sites for hydroxylation is 1. The highest BCUT2D eigenvalue weighted by Gasteiger charge is 2.20. The molecule has 16 heavy (non-hydrogen) atoms. The van der Waals surface area contributed by atoms with Crippen LogP contribution in [0.1, 0.15) is 22.5 Å². The van der Waals surface area contributed by atoms with Crippen LogP contribution in [0.3, 0.4) is 0 Å². The van der Waals surface area contributed by atoms with Gasteiger partial charge in [-0.25, -0.2) is 0 Å². The molecule has 0 unspecified atom stereocenters. The Balaban J connectivity index is 2.06. The number of hydrogen-bond donors (Lipinski definition) is 1. The number of rotatable bonds is 1. The first-order valence-corrected chi connectivity index (χ1v) is 5.28. The second-order valence-corrected chi connectivity index (χ2v) is 3.84. The second-order valence-electron chi connectivity index (χ2n) is 3.84. The molecule has 2 amide bonds. The summed E-state index contributed by atoms with van der Waals surface area (Å²) < 4.78 is 5.10. The minimum atomic E-state index is -0.0756. The number of hydrogen-bond acceptors (Lipinski definition) is 3. The van der Waals surface area contributed by atoms with Crippen LogP contribution in [0, 0.1) is 6.92 Å². The van der Waals surface area contributed by atoms with Crippen molar-refractivity contribution in [1.29, 1.82) is 0 Å². The van der Waals surface area contributed by atoms with Crippen LogP contribution in [-0.4, -0.2) is 36.3 Å². The Labute approximate surface area is 93.4 Å². The van der Waals surface area contributed by atoms with Crippen molar-refractivity contribution in [1.82, 2.24) is 10.2 Å². The molecule has 1 N–H and O–H groups in total. The van der Waals surface area contributed by atoms with Crippen molar-refractivity contribution in [2.24, 2.45) is 0 Å². The molecule has 0 aliphatic carbocycles. The molecule has 1 aromatic heterocycles. The Kier molecular flexibility index (Phi) is 2.94. The summed E-state index contributed by atoms with van der Waals surface area (Å²) >= 11 is 0. The fourth-order valence-corrected chi connectivity index (χ4v) is 1.71. The quantitative estimate of drug-likeness (QED) is 0.754. The van der Waals surface area contributed by atoms with E-state index >= 15 is 0 Å². The first-order valence-electron chi connectivity index (χ1n) is 5.28. The minimum Gasteiger partial charge on any atom is -0.469 e. The molecule has 0 aromatic carbocycles. The van der Waals surface area contributed by atoms with E-state index in [9.17, 15) is 9.59 Å². The van der Waals surface area contributed by atoms with Gasteiger partial charge in [-0.15, -0.1) is 0 Å². The Morgan fingerprint density at radius 3 is 3.00 bits per heavy atom. The van der Waals surface area contributed by atoms with Crippen molar-refractivity contribution in [3.63, 3.8) is 0 Å². The summed E-state index contributed by atoms with van der Waals surface area (Å²) in [6.45, 7) is 3.33. The number of furan rings is 1. The van der Waals surface area contributed by atoms with E-state index in [0.717, 1.165) is 0 Å². The molecule has 5 nitrogen and oxygen atoms in total. The highest BCUT2D eigenvalue weighted by atomic mass is 16.3. The third-order valence-corrected chi connectivity index (χ3v) is 2.58. The molecule has 0 bridgehead atoms. The Bertz CT molecular complexity index is 411. The van der Waals surface area contributed by atoms with Crippen LogP contribution in [0.25, 0.3) is 0 Å². The topological polar surface area (TPSA) is 62.6 Å². The minimum absolute atomic E-state index is 0.00123. The van der Waals surface area contributed by atoms with Crippen molar-refractivity contribution in [2.45, 2.75) is 13.3 Å². The van der Waals surface area contributed by atoms with Crippen LogP contribution in [-0.2, 0) is 4.79 Å². The zero-order chi connectivity index (χ0) is 11.5. The highest BCUT2D eigenvalue weighted by molar-refractivity contribution is 5.94. The van der Waals surface area contributed by atoms with Gasteiger partial charge in [0.1, 0.15) is 12.0 Å². The zero-order valence-corrected chi connectivity index (χ0v) is 9.16. The Morgan fingerprint density at radius 1 is 1.50 bits per heavy atom. The summed E-state index contributed by atoms with van der Waals surface area (Å²) in [4.78, 5) is 24.8. The smallest absolute Gasteiger partial charge is 0.257 e. The molecule has 0 atom stereocenters. The molecular weight excluding hydrogens is 208 g/mol. The van der Waals surface area contributed by atoms with Gasteiger partial charge in [0.2, 0.25) is 5.91 Å². The molecule has 2 heterocycles. The molecule has 0 spiro atoms. The monoisotopic (exact) mass is 222 g/mol. The van der Waals surface area contributed by atoms with Crippen LogP contribution >= 0.6 is 0 Å².